The topological polar surface area (TPSA) is 117 Å². The maximum absolute atomic E-state index is 13.2. The first-order valence-electron chi connectivity index (χ1n) is 11.0. The number of aromatic amines is 1. The van der Waals surface area contributed by atoms with E-state index in [-0.39, 0.29) is 30.6 Å². The van der Waals surface area contributed by atoms with Crippen LogP contribution in [0, 0.1) is 6.92 Å². The van der Waals surface area contributed by atoms with Crippen LogP contribution in [0.2, 0.25) is 0 Å². The van der Waals surface area contributed by atoms with E-state index in [4.69, 9.17) is 0 Å². The van der Waals surface area contributed by atoms with Gasteiger partial charge in [-0.05, 0) is 32.0 Å². The molecule has 10 heteroatoms. The van der Waals surface area contributed by atoms with Crippen molar-refractivity contribution < 1.29 is 14.4 Å². The van der Waals surface area contributed by atoms with Gasteiger partial charge in [-0.1, -0.05) is 18.2 Å². The summed E-state index contributed by atoms with van der Waals surface area (Å²) in [5.41, 5.74) is 2.49. The lowest BCUT2D eigenvalue weighted by molar-refractivity contribution is -0.128. The number of carbonyl (C=O) groups excluding carboxylic acids is 3. The van der Waals surface area contributed by atoms with Crippen LogP contribution in [-0.4, -0.2) is 77.8 Å². The fourth-order valence-corrected chi connectivity index (χ4v) is 4.35. The monoisotopic (exact) mass is 457 g/mol. The predicted octanol–water partition coefficient (Wildman–Crippen LogP) is 2.01. The number of nitrogens with one attached hydrogen (secondary N) is 1. The second-order valence-electron chi connectivity index (χ2n) is 8.27. The van der Waals surface area contributed by atoms with Crippen LogP contribution in [0.1, 0.15) is 33.5 Å². The van der Waals surface area contributed by atoms with E-state index >= 15 is 0 Å². The molecular weight excluding hydrogens is 434 g/mol. The molecule has 0 unspecified atom stereocenters. The molecule has 34 heavy (non-hydrogen) atoms. The molecule has 4 heterocycles. The number of piperazine rings is 1. The molecule has 1 fully saturated rings. The minimum Gasteiger partial charge on any atom is -0.357 e. The number of Topliss-reactive ketones (excluding diaryl/α,β-unsaturated/α-hetero) is 1. The predicted molar refractivity (Wildman–Crippen MR) is 124 cm³/mol. The van der Waals surface area contributed by atoms with E-state index in [0.29, 0.717) is 34.7 Å². The van der Waals surface area contributed by atoms with Gasteiger partial charge in [-0.2, -0.15) is 5.10 Å². The van der Waals surface area contributed by atoms with E-state index in [0.717, 1.165) is 0 Å². The molecule has 3 aromatic heterocycles. The Bertz CT molecular complexity index is 1390. The van der Waals surface area contributed by atoms with Crippen LogP contribution >= 0.6 is 0 Å². The molecule has 4 aromatic rings. The number of rotatable bonds is 4. The van der Waals surface area contributed by atoms with Crippen LogP contribution in [0.15, 0.2) is 55.1 Å². The van der Waals surface area contributed by atoms with Crippen molar-refractivity contribution >= 4 is 28.6 Å². The van der Waals surface area contributed by atoms with E-state index in [2.05, 4.69) is 20.1 Å². The van der Waals surface area contributed by atoms with E-state index in [1.165, 1.54) is 17.4 Å². The lowest BCUT2D eigenvalue weighted by Gasteiger charge is -2.39. The van der Waals surface area contributed by atoms with E-state index in [1.807, 2.05) is 32.0 Å². The van der Waals surface area contributed by atoms with Crippen molar-refractivity contribution in [3.63, 3.8) is 0 Å². The van der Waals surface area contributed by atoms with Crippen molar-refractivity contribution in [3.05, 3.63) is 72.1 Å². The maximum Gasteiger partial charge on any atom is 0.295 e. The standard InChI is InChI=1S/C24H23N7O3/c1-15-13-29(10-11-30(15)23(33)17-6-4-3-5-7-17)24(34)22(32)18-12-26-21-19(8-9-25-20(18)21)31-16(2)27-14-28-31/h3-9,12,14-15,26H,10-11,13H2,1-2H3/t15-/m1/s1. The maximum atomic E-state index is 13.2. The van der Waals surface area contributed by atoms with Gasteiger partial charge in [0.15, 0.2) is 0 Å². The Morgan fingerprint density at radius 2 is 1.85 bits per heavy atom. The SMILES string of the molecule is Cc1ncnn1-c1ccnc2c(C(=O)C(=O)N3CCN(C(=O)c4ccccc4)[C@H](C)C3)c[nH]c12. The summed E-state index contributed by atoms with van der Waals surface area (Å²) in [6.45, 7) is 4.62. The zero-order valence-electron chi connectivity index (χ0n) is 18.8. The summed E-state index contributed by atoms with van der Waals surface area (Å²) in [4.78, 5) is 53.9. The number of carbonyl (C=O) groups is 3. The summed E-state index contributed by atoms with van der Waals surface area (Å²) in [5.74, 6) is -0.642. The molecule has 0 spiro atoms. The number of benzene rings is 1. The van der Waals surface area contributed by atoms with Gasteiger partial charge in [0.2, 0.25) is 0 Å². The van der Waals surface area contributed by atoms with Gasteiger partial charge in [-0.3, -0.25) is 19.4 Å². The van der Waals surface area contributed by atoms with Crippen molar-refractivity contribution in [1.29, 1.82) is 0 Å². The van der Waals surface area contributed by atoms with Crippen molar-refractivity contribution in [3.8, 4) is 5.69 Å². The minimum atomic E-state index is -0.638. The second kappa shape index (κ2) is 8.54. The van der Waals surface area contributed by atoms with Gasteiger partial charge < -0.3 is 14.8 Å². The van der Waals surface area contributed by atoms with Crippen molar-refractivity contribution in [2.24, 2.45) is 0 Å². The fraction of sp³-hybridized carbons (Fsp3) is 0.250. The number of ketones is 1. The first kappa shape index (κ1) is 21.5. The van der Waals surface area contributed by atoms with E-state index in [1.54, 1.807) is 34.0 Å². The zero-order chi connectivity index (χ0) is 23.8. The quantitative estimate of drug-likeness (QED) is 0.370. The third kappa shape index (κ3) is 3.62. The van der Waals surface area contributed by atoms with Crippen LogP contribution in [-0.2, 0) is 4.79 Å². The Hall–Kier alpha value is -4.34. The molecule has 0 bridgehead atoms. The Balaban J connectivity index is 1.35. The molecule has 0 aliphatic carbocycles. The third-order valence-electron chi connectivity index (χ3n) is 6.13. The molecule has 5 rings (SSSR count). The lowest BCUT2D eigenvalue weighted by Crippen LogP contribution is -2.56. The highest BCUT2D eigenvalue weighted by Crippen LogP contribution is 2.24. The number of hydrogen-bond acceptors (Lipinski definition) is 6. The summed E-state index contributed by atoms with van der Waals surface area (Å²) in [6.07, 6.45) is 4.53. The molecule has 2 amide bonds. The highest BCUT2D eigenvalue weighted by Gasteiger charge is 2.34. The summed E-state index contributed by atoms with van der Waals surface area (Å²) >= 11 is 0. The molecule has 0 radical (unpaired) electrons. The van der Waals surface area contributed by atoms with Crippen LogP contribution in [0.25, 0.3) is 16.7 Å². The number of H-pyrrole nitrogens is 1. The molecule has 1 N–H and O–H groups in total. The highest BCUT2D eigenvalue weighted by molar-refractivity contribution is 6.44. The summed E-state index contributed by atoms with van der Waals surface area (Å²) < 4.78 is 1.64. The van der Waals surface area contributed by atoms with Crippen molar-refractivity contribution in [2.75, 3.05) is 19.6 Å². The molecule has 1 aromatic carbocycles. The Kier molecular flexibility index (Phi) is 5.40. The van der Waals surface area contributed by atoms with Gasteiger partial charge in [-0.25, -0.2) is 9.67 Å². The number of nitrogens with zero attached hydrogens (tertiary/aromatic N) is 6. The first-order chi connectivity index (χ1) is 16.5. The number of hydrogen-bond donors (Lipinski definition) is 1. The zero-order valence-corrected chi connectivity index (χ0v) is 18.8. The average molecular weight is 457 g/mol. The van der Waals surface area contributed by atoms with Gasteiger partial charge in [0, 0.05) is 43.6 Å². The Morgan fingerprint density at radius 1 is 1.06 bits per heavy atom. The van der Waals surface area contributed by atoms with E-state index in [9.17, 15) is 14.4 Å². The second-order valence-corrected chi connectivity index (χ2v) is 8.27. The number of aromatic nitrogens is 5. The molecule has 0 saturated carbocycles. The summed E-state index contributed by atoms with van der Waals surface area (Å²) in [7, 11) is 0. The van der Waals surface area contributed by atoms with Crippen molar-refractivity contribution in [2.45, 2.75) is 19.9 Å². The first-order valence-corrected chi connectivity index (χ1v) is 11.0. The Labute approximate surface area is 195 Å². The van der Waals surface area contributed by atoms with Crippen LogP contribution in [0.5, 0.6) is 0 Å². The fourth-order valence-electron chi connectivity index (χ4n) is 4.35. The highest BCUT2D eigenvalue weighted by atomic mass is 16.2. The van der Waals surface area contributed by atoms with Crippen molar-refractivity contribution in [1.82, 2.24) is 34.5 Å². The summed E-state index contributed by atoms with van der Waals surface area (Å²) in [6, 6.07) is 10.6. The van der Waals surface area contributed by atoms with Gasteiger partial charge in [0.05, 0.1) is 16.8 Å². The minimum absolute atomic E-state index is 0.0803. The third-order valence-corrected chi connectivity index (χ3v) is 6.13. The van der Waals surface area contributed by atoms with Gasteiger partial charge in [-0.15, -0.1) is 0 Å². The number of pyridine rings is 1. The average Bonchev–Trinajstić information content (AvgIpc) is 3.49. The smallest absolute Gasteiger partial charge is 0.295 e. The normalized spacial score (nSPS) is 16.1. The van der Waals surface area contributed by atoms with Gasteiger partial charge in [0.25, 0.3) is 17.6 Å². The van der Waals surface area contributed by atoms with Crippen LogP contribution in [0.3, 0.4) is 0 Å². The molecule has 1 aliphatic rings. The molecule has 1 aliphatic heterocycles. The van der Waals surface area contributed by atoms with Gasteiger partial charge >= 0.3 is 0 Å². The van der Waals surface area contributed by atoms with Gasteiger partial charge in [0.1, 0.15) is 17.7 Å². The molecule has 10 nitrogen and oxygen atoms in total. The number of fused-ring (bicyclic) bond motifs is 1. The molecule has 1 atom stereocenters. The lowest BCUT2D eigenvalue weighted by atomic mass is 10.1. The van der Waals surface area contributed by atoms with Crippen LogP contribution < -0.4 is 0 Å². The molecular formula is C24H23N7O3. The number of aryl methyl sites for hydroxylation is 1. The number of amides is 2. The Morgan fingerprint density at radius 3 is 2.56 bits per heavy atom. The summed E-state index contributed by atoms with van der Waals surface area (Å²) in [5, 5.41) is 4.22. The molecule has 1 saturated heterocycles. The molecule has 172 valence electrons. The van der Waals surface area contributed by atoms with Crippen LogP contribution in [0.4, 0.5) is 0 Å². The van der Waals surface area contributed by atoms with E-state index < -0.39 is 11.7 Å². The largest absolute Gasteiger partial charge is 0.357 e.